The number of nitrogens with zero attached hydrogens (tertiary/aromatic N) is 1. The number of carbonyl (C=O) groups is 1. The zero-order chi connectivity index (χ0) is 14.5. The van der Waals surface area contributed by atoms with E-state index >= 15 is 0 Å². The third-order valence-electron chi connectivity index (χ3n) is 3.67. The van der Waals surface area contributed by atoms with Crippen LogP contribution in [0.4, 0.5) is 4.39 Å². The van der Waals surface area contributed by atoms with Gasteiger partial charge in [-0.15, -0.1) is 0 Å². The van der Waals surface area contributed by atoms with Gasteiger partial charge in [0.2, 0.25) is 5.91 Å². The minimum Gasteiger partial charge on any atom is -0.341 e. The van der Waals surface area contributed by atoms with Crippen LogP contribution in [-0.2, 0) is 11.2 Å². The fourth-order valence-corrected chi connectivity index (χ4v) is 2.84. The van der Waals surface area contributed by atoms with Crippen molar-refractivity contribution in [2.24, 2.45) is 0 Å². The van der Waals surface area contributed by atoms with E-state index in [2.05, 4.69) is 19.2 Å². The molecule has 2 unspecified atom stereocenters. The van der Waals surface area contributed by atoms with E-state index in [0.717, 1.165) is 31.5 Å². The van der Waals surface area contributed by atoms with E-state index in [-0.39, 0.29) is 23.8 Å². The van der Waals surface area contributed by atoms with Gasteiger partial charge in [0.25, 0.3) is 0 Å². The number of halogens is 1. The molecule has 1 aliphatic heterocycles. The van der Waals surface area contributed by atoms with Crippen molar-refractivity contribution in [2.45, 2.75) is 45.2 Å². The fraction of sp³-hybridized carbons (Fsp3) is 0.562. The molecule has 110 valence electrons. The fourth-order valence-electron chi connectivity index (χ4n) is 2.84. The lowest BCUT2D eigenvalue weighted by atomic mass is 10.1. The van der Waals surface area contributed by atoms with Crippen LogP contribution in [0.5, 0.6) is 0 Å². The number of nitrogens with one attached hydrogen (secondary N) is 1. The van der Waals surface area contributed by atoms with Crippen LogP contribution in [-0.4, -0.2) is 36.0 Å². The van der Waals surface area contributed by atoms with Crippen LogP contribution >= 0.6 is 0 Å². The van der Waals surface area contributed by atoms with Gasteiger partial charge in [-0.05, 0) is 44.4 Å². The molecule has 1 amide bonds. The molecule has 0 radical (unpaired) electrons. The summed E-state index contributed by atoms with van der Waals surface area (Å²) in [6.07, 6.45) is 2.45. The highest BCUT2D eigenvalue weighted by Gasteiger charge is 2.22. The smallest absolute Gasteiger partial charge is 0.222 e. The minimum absolute atomic E-state index is 0.189. The first-order valence-electron chi connectivity index (χ1n) is 7.33. The molecule has 0 bridgehead atoms. The lowest BCUT2D eigenvalue weighted by Crippen LogP contribution is -2.44. The molecule has 0 aromatic heterocycles. The molecule has 1 saturated heterocycles. The molecule has 1 aromatic carbocycles. The normalized spacial score (nSPS) is 18.4. The molecule has 1 aromatic rings. The quantitative estimate of drug-likeness (QED) is 0.866. The van der Waals surface area contributed by atoms with E-state index in [4.69, 9.17) is 0 Å². The average Bonchev–Trinajstić information content (AvgIpc) is 2.74. The van der Waals surface area contributed by atoms with Gasteiger partial charge in [0.1, 0.15) is 5.82 Å². The summed E-state index contributed by atoms with van der Waals surface area (Å²) in [7, 11) is 0. The van der Waals surface area contributed by atoms with Gasteiger partial charge in [0, 0.05) is 31.6 Å². The lowest BCUT2D eigenvalue weighted by molar-refractivity contribution is -0.127. The summed E-state index contributed by atoms with van der Waals surface area (Å²) in [6.45, 7) is 5.82. The first kappa shape index (κ1) is 15.0. The van der Waals surface area contributed by atoms with Crippen molar-refractivity contribution in [3.63, 3.8) is 0 Å². The van der Waals surface area contributed by atoms with Crippen LogP contribution in [0.2, 0.25) is 0 Å². The van der Waals surface area contributed by atoms with Gasteiger partial charge in [-0.2, -0.15) is 0 Å². The molecule has 4 heteroatoms. The summed E-state index contributed by atoms with van der Waals surface area (Å²) in [5.74, 6) is 0.0712. The second kappa shape index (κ2) is 6.84. The average molecular weight is 278 g/mol. The highest BCUT2D eigenvalue weighted by Crippen LogP contribution is 2.11. The number of hydrogen-bond donors (Lipinski definition) is 1. The van der Waals surface area contributed by atoms with Crippen LogP contribution in [0.1, 0.15) is 32.3 Å². The Bertz CT molecular complexity index is 464. The molecule has 1 aliphatic rings. The van der Waals surface area contributed by atoms with Crippen molar-refractivity contribution in [1.82, 2.24) is 10.2 Å². The van der Waals surface area contributed by atoms with E-state index in [0.29, 0.717) is 6.42 Å². The van der Waals surface area contributed by atoms with Gasteiger partial charge in [-0.1, -0.05) is 12.1 Å². The minimum atomic E-state index is -0.189. The van der Waals surface area contributed by atoms with Crippen LogP contribution in [0.25, 0.3) is 0 Å². The first-order chi connectivity index (χ1) is 9.54. The SMILES string of the molecule is CC(Cc1cccc(F)c1)NC(C)CN1CCCC1=O. The van der Waals surface area contributed by atoms with Gasteiger partial charge in [0.05, 0.1) is 0 Å². The zero-order valence-electron chi connectivity index (χ0n) is 12.2. The van der Waals surface area contributed by atoms with Gasteiger partial charge in [-0.25, -0.2) is 4.39 Å². The van der Waals surface area contributed by atoms with Crippen LogP contribution < -0.4 is 5.32 Å². The first-order valence-corrected chi connectivity index (χ1v) is 7.33. The Morgan fingerprint density at radius 1 is 1.35 bits per heavy atom. The van der Waals surface area contributed by atoms with Crippen molar-refractivity contribution in [2.75, 3.05) is 13.1 Å². The molecule has 0 saturated carbocycles. The zero-order valence-corrected chi connectivity index (χ0v) is 12.2. The number of amides is 1. The number of likely N-dealkylation sites (tertiary alicyclic amines) is 1. The van der Waals surface area contributed by atoms with Gasteiger partial charge in [0.15, 0.2) is 0 Å². The highest BCUT2D eigenvalue weighted by molar-refractivity contribution is 5.78. The number of carbonyl (C=O) groups excluding carboxylic acids is 1. The van der Waals surface area contributed by atoms with E-state index in [1.54, 1.807) is 12.1 Å². The molecule has 1 fully saturated rings. The molecule has 3 nitrogen and oxygen atoms in total. The summed E-state index contributed by atoms with van der Waals surface area (Å²) in [5.41, 5.74) is 0.995. The van der Waals surface area contributed by atoms with Crippen molar-refractivity contribution >= 4 is 5.91 Å². The van der Waals surface area contributed by atoms with E-state index < -0.39 is 0 Å². The van der Waals surface area contributed by atoms with Crippen molar-refractivity contribution in [1.29, 1.82) is 0 Å². The second-order valence-electron chi connectivity index (χ2n) is 5.75. The Morgan fingerprint density at radius 3 is 2.80 bits per heavy atom. The Kier molecular flexibility index (Phi) is 5.12. The molecular weight excluding hydrogens is 255 g/mol. The number of rotatable bonds is 6. The Labute approximate surface area is 120 Å². The largest absolute Gasteiger partial charge is 0.341 e. The topological polar surface area (TPSA) is 32.3 Å². The van der Waals surface area contributed by atoms with Gasteiger partial charge < -0.3 is 10.2 Å². The maximum absolute atomic E-state index is 13.1. The predicted molar refractivity (Wildman–Crippen MR) is 78.0 cm³/mol. The summed E-state index contributed by atoms with van der Waals surface area (Å²) in [6, 6.07) is 7.22. The predicted octanol–water partition coefficient (Wildman–Crippen LogP) is 2.36. The third-order valence-corrected chi connectivity index (χ3v) is 3.67. The van der Waals surface area contributed by atoms with E-state index in [1.165, 1.54) is 6.07 Å². The monoisotopic (exact) mass is 278 g/mol. The third kappa shape index (κ3) is 4.30. The molecule has 0 spiro atoms. The standard InChI is InChI=1S/C16H23FN2O/c1-12(9-14-5-3-6-15(17)10-14)18-13(2)11-19-8-4-7-16(19)20/h3,5-6,10,12-13,18H,4,7-9,11H2,1-2H3. The summed E-state index contributed by atoms with van der Waals surface area (Å²) in [5, 5.41) is 3.48. The molecular formula is C16H23FN2O. The van der Waals surface area contributed by atoms with Crippen molar-refractivity contribution < 1.29 is 9.18 Å². The lowest BCUT2D eigenvalue weighted by Gasteiger charge is -2.25. The van der Waals surface area contributed by atoms with Gasteiger partial charge in [-0.3, -0.25) is 4.79 Å². The summed E-state index contributed by atoms with van der Waals surface area (Å²) < 4.78 is 13.1. The van der Waals surface area contributed by atoms with Gasteiger partial charge >= 0.3 is 0 Å². The Balaban J connectivity index is 1.78. The highest BCUT2D eigenvalue weighted by atomic mass is 19.1. The molecule has 2 atom stereocenters. The summed E-state index contributed by atoms with van der Waals surface area (Å²) in [4.78, 5) is 13.5. The van der Waals surface area contributed by atoms with Crippen LogP contribution in [0.15, 0.2) is 24.3 Å². The number of benzene rings is 1. The van der Waals surface area contributed by atoms with Crippen molar-refractivity contribution in [3.05, 3.63) is 35.6 Å². The van der Waals surface area contributed by atoms with E-state index in [9.17, 15) is 9.18 Å². The second-order valence-corrected chi connectivity index (χ2v) is 5.75. The Hall–Kier alpha value is -1.42. The molecule has 1 heterocycles. The Morgan fingerprint density at radius 2 is 2.15 bits per heavy atom. The summed E-state index contributed by atoms with van der Waals surface area (Å²) >= 11 is 0. The van der Waals surface area contributed by atoms with Crippen LogP contribution in [0, 0.1) is 5.82 Å². The molecule has 0 aliphatic carbocycles. The molecule has 1 N–H and O–H groups in total. The molecule has 20 heavy (non-hydrogen) atoms. The van der Waals surface area contributed by atoms with Crippen molar-refractivity contribution in [3.8, 4) is 0 Å². The van der Waals surface area contributed by atoms with Crippen LogP contribution in [0.3, 0.4) is 0 Å². The maximum Gasteiger partial charge on any atom is 0.222 e. The van der Waals surface area contributed by atoms with E-state index in [1.807, 2.05) is 11.0 Å². The number of hydrogen-bond acceptors (Lipinski definition) is 2. The maximum atomic E-state index is 13.1. The molecule has 2 rings (SSSR count).